The third-order valence-electron chi connectivity index (χ3n) is 3.74. The van der Waals surface area contributed by atoms with Gasteiger partial charge in [0.2, 0.25) is 5.69 Å². The van der Waals surface area contributed by atoms with E-state index in [4.69, 9.17) is 0 Å². The fraction of sp³-hybridized carbons (Fsp3) is 0.267. The molecule has 0 radical (unpaired) electrons. The Hall–Kier alpha value is -1.84. The van der Waals surface area contributed by atoms with Crippen molar-refractivity contribution in [2.75, 3.05) is 0 Å². The van der Waals surface area contributed by atoms with Crippen molar-refractivity contribution in [1.82, 2.24) is 0 Å². The highest BCUT2D eigenvalue weighted by Gasteiger charge is 2.44. The summed E-state index contributed by atoms with van der Waals surface area (Å²) < 4.78 is 40.5. The molecule has 0 unspecified atom stereocenters. The van der Waals surface area contributed by atoms with Crippen molar-refractivity contribution in [2.45, 2.75) is 25.6 Å². The van der Waals surface area contributed by atoms with Crippen LogP contribution in [0.1, 0.15) is 25.0 Å². The van der Waals surface area contributed by atoms with Gasteiger partial charge < -0.3 is 0 Å². The molecule has 1 nitrogen and oxygen atoms in total. The van der Waals surface area contributed by atoms with Crippen molar-refractivity contribution in [2.24, 2.45) is 0 Å². The third-order valence-corrected chi connectivity index (χ3v) is 3.74. The molecule has 0 atom stereocenters. The number of rotatable bonds is 0. The van der Waals surface area contributed by atoms with Gasteiger partial charge in [0.15, 0.2) is 11.7 Å². The molecule has 0 fully saturated rings. The van der Waals surface area contributed by atoms with Gasteiger partial charge >= 0.3 is 6.18 Å². The average Bonchev–Trinajstić information content (AvgIpc) is 2.58. The molecule has 2 heterocycles. The number of aromatic nitrogens is 1. The van der Waals surface area contributed by atoms with Crippen molar-refractivity contribution in [3.8, 4) is 11.3 Å². The number of pyridine rings is 1. The molecule has 19 heavy (non-hydrogen) atoms. The fourth-order valence-corrected chi connectivity index (χ4v) is 2.73. The van der Waals surface area contributed by atoms with Crippen molar-refractivity contribution >= 4 is 0 Å². The molecule has 1 aliphatic heterocycles. The molecule has 1 aliphatic rings. The summed E-state index contributed by atoms with van der Waals surface area (Å²) in [6, 6.07) is 9.70. The molecule has 4 heteroatoms. The Labute approximate surface area is 109 Å². The van der Waals surface area contributed by atoms with Crippen LogP contribution in [0.4, 0.5) is 13.2 Å². The minimum absolute atomic E-state index is 0.465. The zero-order chi connectivity index (χ0) is 13.8. The van der Waals surface area contributed by atoms with E-state index in [9.17, 15) is 13.2 Å². The molecule has 1 aromatic carbocycles. The molecule has 0 saturated heterocycles. The minimum Gasteiger partial charge on any atom is -0.189 e. The van der Waals surface area contributed by atoms with Crippen LogP contribution in [0.25, 0.3) is 11.3 Å². The van der Waals surface area contributed by atoms with E-state index in [0.29, 0.717) is 5.56 Å². The van der Waals surface area contributed by atoms with Crippen LogP contribution in [0, 0.1) is 0 Å². The number of fused-ring (bicyclic) bond motifs is 3. The maximum Gasteiger partial charge on any atom is 0.416 e. The molecule has 0 amide bonds. The lowest BCUT2D eigenvalue weighted by molar-refractivity contribution is -0.731. The first kappa shape index (κ1) is 12.2. The number of benzene rings is 1. The molecular weight excluding hydrogens is 251 g/mol. The Balaban J connectivity index is 2.27. The molecule has 98 valence electrons. The predicted molar refractivity (Wildman–Crippen MR) is 65.5 cm³/mol. The Bertz CT molecular complexity index is 657. The van der Waals surface area contributed by atoms with Crippen LogP contribution >= 0.6 is 0 Å². The van der Waals surface area contributed by atoms with Crippen LogP contribution in [-0.4, -0.2) is 0 Å². The summed E-state index contributed by atoms with van der Waals surface area (Å²) in [6.45, 7) is 3.87. The zero-order valence-corrected chi connectivity index (χ0v) is 10.6. The Kier molecular flexibility index (Phi) is 2.31. The highest BCUT2D eigenvalue weighted by Crippen LogP contribution is 2.40. The Morgan fingerprint density at radius 1 is 1.05 bits per heavy atom. The van der Waals surface area contributed by atoms with Gasteiger partial charge in [-0.15, -0.1) is 0 Å². The molecule has 1 aromatic heterocycles. The van der Waals surface area contributed by atoms with Crippen LogP contribution in [0.3, 0.4) is 0 Å². The quantitative estimate of drug-likeness (QED) is 0.638. The number of hydrogen-bond acceptors (Lipinski definition) is 0. The normalized spacial score (nSPS) is 16.1. The van der Waals surface area contributed by atoms with Crippen LogP contribution < -0.4 is 4.57 Å². The summed E-state index contributed by atoms with van der Waals surface area (Å²) in [5.41, 5.74) is 1.49. The monoisotopic (exact) mass is 264 g/mol. The predicted octanol–water partition coefficient (Wildman–Crippen LogP) is 3.76. The highest BCUT2D eigenvalue weighted by molar-refractivity contribution is 5.66. The number of alkyl halides is 3. The fourth-order valence-electron chi connectivity index (χ4n) is 2.73. The van der Waals surface area contributed by atoms with Crippen LogP contribution in [0.2, 0.25) is 0 Å². The zero-order valence-electron chi connectivity index (χ0n) is 10.6. The van der Waals surface area contributed by atoms with Gasteiger partial charge in [-0.3, -0.25) is 0 Å². The first-order chi connectivity index (χ1) is 8.82. The van der Waals surface area contributed by atoms with Crippen molar-refractivity contribution in [3.05, 3.63) is 53.7 Å². The van der Waals surface area contributed by atoms with Crippen LogP contribution in [-0.2, 0) is 11.7 Å². The maximum atomic E-state index is 12.8. The molecular formula is C15H13F3N+. The van der Waals surface area contributed by atoms with E-state index in [1.165, 1.54) is 6.07 Å². The van der Waals surface area contributed by atoms with E-state index in [0.717, 1.165) is 17.3 Å². The average molecular weight is 264 g/mol. The standard InChI is InChI=1S/C15H13F3N/c1-14(2)12-9-10(15(16,17)18)6-7-11(12)13-5-3-4-8-19(13)14/h3-9H,1-2H3/q+1. The lowest BCUT2D eigenvalue weighted by Gasteiger charge is -2.16. The lowest BCUT2D eigenvalue weighted by Crippen LogP contribution is -2.50. The summed E-state index contributed by atoms with van der Waals surface area (Å²) in [6.07, 6.45) is -2.40. The van der Waals surface area contributed by atoms with Gasteiger partial charge in [-0.1, -0.05) is 0 Å². The van der Waals surface area contributed by atoms with Gasteiger partial charge in [0.05, 0.1) is 11.1 Å². The second-order valence-electron chi connectivity index (χ2n) is 5.27. The van der Waals surface area contributed by atoms with Gasteiger partial charge in [0.1, 0.15) is 0 Å². The Morgan fingerprint density at radius 3 is 2.47 bits per heavy atom. The number of halogens is 3. The third kappa shape index (κ3) is 1.66. The molecule has 3 rings (SSSR count). The Morgan fingerprint density at radius 2 is 1.79 bits per heavy atom. The lowest BCUT2D eigenvalue weighted by atomic mass is 9.91. The van der Waals surface area contributed by atoms with Crippen molar-refractivity contribution in [1.29, 1.82) is 0 Å². The number of nitrogens with zero attached hydrogens (tertiary/aromatic N) is 1. The largest absolute Gasteiger partial charge is 0.416 e. The van der Waals surface area contributed by atoms with E-state index in [2.05, 4.69) is 0 Å². The first-order valence-corrected chi connectivity index (χ1v) is 6.05. The molecule has 0 aliphatic carbocycles. The minimum atomic E-state index is -4.30. The first-order valence-electron chi connectivity index (χ1n) is 6.05. The molecule has 0 bridgehead atoms. The summed E-state index contributed by atoms with van der Waals surface area (Å²) in [7, 11) is 0. The number of hydrogen-bond donors (Lipinski definition) is 0. The smallest absolute Gasteiger partial charge is 0.189 e. The van der Waals surface area contributed by atoms with Crippen molar-refractivity contribution in [3.63, 3.8) is 0 Å². The highest BCUT2D eigenvalue weighted by atomic mass is 19.4. The molecule has 0 spiro atoms. The molecule has 0 N–H and O–H groups in total. The van der Waals surface area contributed by atoms with Crippen LogP contribution in [0.5, 0.6) is 0 Å². The SMILES string of the molecule is CC1(C)c2cc(C(F)(F)F)ccc2-c2cccc[n+]21. The second kappa shape index (κ2) is 3.59. The van der Waals surface area contributed by atoms with Crippen molar-refractivity contribution < 1.29 is 17.7 Å². The van der Waals surface area contributed by atoms with Crippen LogP contribution in [0.15, 0.2) is 42.6 Å². The summed E-state index contributed by atoms with van der Waals surface area (Å²) in [5, 5.41) is 0. The topological polar surface area (TPSA) is 3.88 Å². The molecule has 2 aromatic rings. The second-order valence-corrected chi connectivity index (χ2v) is 5.27. The van der Waals surface area contributed by atoms with E-state index in [1.54, 1.807) is 6.07 Å². The van der Waals surface area contributed by atoms with E-state index < -0.39 is 17.3 Å². The van der Waals surface area contributed by atoms with Gasteiger partial charge in [-0.25, -0.2) is 0 Å². The van der Waals surface area contributed by atoms with E-state index >= 15 is 0 Å². The van der Waals surface area contributed by atoms with Gasteiger partial charge in [0, 0.05) is 31.5 Å². The summed E-state index contributed by atoms with van der Waals surface area (Å²) >= 11 is 0. The summed E-state index contributed by atoms with van der Waals surface area (Å²) in [5.74, 6) is 0. The van der Waals surface area contributed by atoms with Gasteiger partial charge in [0.25, 0.3) is 0 Å². The maximum absolute atomic E-state index is 12.8. The van der Waals surface area contributed by atoms with Gasteiger partial charge in [-0.2, -0.15) is 17.7 Å². The van der Waals surface area contributed by atoms with E-state index in [-0.39, 0.29) is 0 Å². The van der Waals surface area contributed by atoms with Gasteiger partial charge in [-0.05, 0) is 24.3 Å². The van der Waals surface area contributed by atoms with E-state index in [1.807, 2.05) is 42.8 Å². The molecule has 0 saturated carbocycles. The summed E-state index contributed by atoms with van der Waals surface area (Å²) in [4.78, 5) is 0.